The third-order valence-electron chi connectivity index (χ3n) is 5.83. The van der Waals surface area contributed by atoms with Crippen LogP contribution in [0.25, 0.3) is 5.69 Å². The Kier molecular flexibility index (Phi) is 6.48. The Labute approximate surface area is 196 Å². The molecular formula is C23H26N4O3S2. The summed E-state index contributed by atoms with van der Waals surface area (Å²) in [5.74, 6) is -0.364. The van der Waals surface area contributed by atoms with Crippen LogP contribution < -0.4 is 16.2 Å². The maximum Gasteiger partial charge on any atom is 0.341 e. The van der Waals surface area contributed by atoms with Crippen LogP contribution in [0.1, 0.15) is 45.8 Å². The van der Waals surface area contributed by atoms with Crippen LogP contribution in [0.2, 0.25) is 0 Å². The minimum Gasteiger partial charge on any atom is -0.465 e. The lowest BCUT2D eigenvalue weighted by Crippen LogP contribution is -2.25. The summed E-state index contributed by atoms with van der Waals surface area (Å²) in [6, 6.07) is 9.44. The first-order valence-corrected chi connectivity index (χ1v) is 11.8. The van der Waals surface area contributed by atoms with E-state index in [1.54, 1.807) is 20.7 Å². The van der Waals surface area contributed by atoms with Crippen molar-refractivity contribution in [3.05, 3.63) is 62.4 Å². The average molecular weight is 471 g/mol. The summed E-state index contributed by atoms with van der Waals surface area (Å²) >= 11 is 7.07. The molecular weight excluding hydrogens is 444 g/mol. The number of thiophene rings is 1. The van der Waals surface area contributed by atoms with Crippen LogP contribution in [0.4, 0.5) is 10.7 Å². The molecule has 3 aromatic rings. The van der Waals surface area contributed by atoms with Crippen LogP contribution >= 0.6 is 23.6 Å². The van der Waals surface area contributed by atoms with E-state index in [-0.39, 0.29) is 16.6 Å². The van der Waals surface area contributed by atoms with Gasteiger partial charge < -0.3 is 15.4 Å². The van der Waals surface area contributed by atoms with E-state index in [2.05, 4.69) is 10.6 Å². The number of hydrogen-bond donors (Lipinski definition) is 2. The second-order valence-electron chi connectivity index (χ2n) is 7.78. The lowest BCUT2D eigenvalue weighted by atomic mass is 10.1. The van der Waals surface area contributed by atoms with Crippen molar-refractivity contribution >= 4 is 45.3 Å². The number of rotatable bonds is 4. The Bertz CT molecular complexity index is 1220. The van der Waals surface area contributed by atoms with Crippen LogP contribution in [-0.2, 0) is 24.6 Å². The summed E-state index contributed by atoms with van der Waals surface area (Å²) < 4.78 is 8.43. The monoisotopic (exact) mass is 470 g/mol. The second kappa shape index (κ2) is 9.30. The number of anilines is 2. The molecule has 0 unspecified atom stereocenters. The molecule has 2 heterocycles. The van der Waals surface area contributed by atoms with Crippen molar-refractivity contribution in [3.63, 3.8) is 0 Å². The van der Waals surface area contributed by atoms with E-state index in [0.29, 0.717) is 16.3 Å². The quantitative estimate of drug-likeness (QED) is 0.334. The number of thiocarbonyl (C=S) groups is 1. The minimum atomic E-state index is -0.364. The van der Waals surface area contributed by atoms with Gasteiger partial charge in [-0.15, -0.1) is 11.3 Å². The molecule has 32 heavy (non-hydrogen) atoms. The molecule has 0 saturated heterocycles. The third kappa shape index (κ3) is 4.10. The summed E-state index contributed by atoms with van der Waals surface area (Å²) in [7, 11) is 3.22. The number of nitrogens with zero attached hydrogens (tertiary/aromatic N) is 2. The van der Waals surface area contributed by atoms with E-state index in [1.807, 2.05) is 44.3 Å². The van der Waals surface area contributed by atoms with Gasteiger partial charge in [0.25, 0.3) is 5.56 Å². The van der Waals surface area contributed by atoms with Gasteiger partial charge in [-0.25, -0.2) is 9.48 Å². The van der Waals surface area contributed by atoms with Crippen molar-refractivity contribution in [3.8, 4) is 5.69 Å². The molecule has 2 N–H and O–H groups in total. The van der Waals surface area contributed by atoms with Gasteiger partial charge in [-0.2, -0.15) is 0 Å². The van der Waals surface area contributed by atoms with Crippen molar-refractivity contribution < 1.29 is 9.53 Å². The highest BCUT2D eigenvalue weighted by Gasteiger charge is 2.26. The number of para-hydroxylation sites is 1. The predicted octanol–water partition coefficient (Wildman–Crippen LogP) is 4.41. The molecule has 0 atom stereocenters. The Morgan fingerprint density at radius 3 is 2.56 bits per heavy atom. The second-order valence-corrected chi connectivity index (χ2v) is 9.29. The van der Waals surface area contributed by atoms with Gasteiger partial charge in [0, 0.05) is 11.9 Å². The van der Waals surface area contributed by atoms with E-state index in [1.165, 1.54) is 12.0 Å². The summed E-state index contributed by atoms with van der Waals surface area (Å²) in [5, 5.41) is 7.14. The Morgan fingerprint density at radius 2 is 1.84 bits per heavy atom. The fourth-order valence-electron chi connectivity index (χ4n) is 4.11. The number of methoxy groups -OCH3 is 1. The van der Waals surface area contributed by atoms with Crippen molar-refractivity contribution in [1.82, 2.24) is 9.36 Å². The molecule has 0 amide bonds. The van der Waals surface area contributed by atoms with Crippen LogP contribution in [0.5, 0.6) is 0 Å². The van der Waals surface area contributed by atoms with Gasteiger partial charge in [-0.1, -0.05) is 24.6 Å². The van der Waals surface area contributed by atoms with E-state index in [0.717, 1.165) is 49.0 Å². The van der Waals surface area contributed by atoms with E-state index in [4.69, 9.17) is 17.0 Å². The normalized spacial score (nSPS) is 13.2. The van der Waals surface area contributed by atoms with Crippen molar-refractivity contribution in [2.75, 3.05) is 17.7 Å². The summed E-state index contributed by atoms with van der Waals surface area (Å²) in [4.78, 5) is 26.9. The van der Waals surface area contributed by atoms with Crippen LogP contribution in [0, 0.1) is 6.92 Å². The van der Waals surface area contributed by atoms with Gasteiger partial charge in [0.05, 0.1) is 24.1 Å². The van der Waals surface area contributed by atoms with Crippen molar-refractivity contribution in [2.45, 2.75) is 39.0 Å². The van der Waals surface area contributed by atoms with Gasteiger partial charge in [-0.3, -0.25) is 9.48 Å². The van der Waals surface area contributed by atoms with Gasteiger partial charge in [0.15, 0.2) is 5.11 Å². The predicted molar refractivity (Wildman–Crippen MR) is 133 cm³/mol. The zero-order valence-corrected chi connectivity index (χ0v) is 20.0. The lowest BCUT2D eigenvalue weighted by molar-refractivity contribution is 0.0601. The maximum absolute atomic E-state index is 13.1. The molecule has 1 aromatic carbocycles. The first-order chi connectivity index (χ1) is 15.4. The summed E-state index contributed by atoms with van der Waals surface area (Å²) in [5.41, 5.74) is 3.34. The topological polar surface area (TPSA) is 77.3 Å². The van der Waals surface area contributed by atoms with Gasteiger partial charge in [0.1, 0.15) is 10.7 Å². The molecule has 2 aromatic heterocycles. The molecule has 7 nitrogen and oxygen atoms in total. The van der Waals surface area contributed by atoms with Crippen molar-refractivity contribution in [1.29, 1.82) is 0 Å². The Hall–Kier alpha value is -2.91. The zero-order chi connectivity index (χ0) is 22.8. The van der Waals surface area contributed by atoms with Crippen LogP contribution in [-0.4, -0.2) is 27.6 Å². The zero-order valence-electron chi connectivity index (χ0n) is 18.4. The number of carbonyl (C=O) groups is 1. The number of fused-ring (bicyclic) bond motifs is 1. The Balaban J connectivity index is 1.63. The van der Waals surface area contributed by atoms with E-state index >= 15 is 0 Å². The highest BCUT2D eigenvalue weighted by molar-refractivity contribution is 7.80. The number of aryl methyl sites for hydroxylation is 1. The number of hydrogen-bond acceptors (Lipinski definition) is 5. The first-order valence-electron chi connectivity index (χ1n) is 10.6. The van der Waals surface area contributed by atoms with Gasteiger partial charge in [-0.05, 0) is 62.5 Å². The molecule has 4 rings (SSSR count). The molecule has 1 aliphatic rings. The summed E-state index contributed by atoms with van der Waals surface area (Å²) in [6.07, 6.45) is 5.13. The highest BCUT2D eigenvalue weighted by atomic mass is 32.1. The molecule has 0 spiro atoms. The fourth-order valence-corrected chi connectivity index (χ4v) is 5.66. The molecule has 0 bridgehead atoms. The fraction of sp³-hybridized carbons (Fsp3) is 0.348. The smallest absolute Gasteiger partial charge is 0.341 e. The molecule has 9 heteroatoms. The van der Waals surface area contributed by atoms with Crippen LogP contribution in [0.15, 0.2) is 35.1 Å². The maximum atomic E-state index is 13.1. The molecule has 0 aliphatic heterocycles. The van der Waals surface area contributed by atoms with Crippen LogP contribution in [0.3, 0.4) is 0 Å². The highest BCUT2D eigenvalue weighted by Crippen LogP contribution is 2.38. The number of benzene rings is 1. The Morgan fingerprint density at radius 1 is 1.12 bits per heavy atom. The number of esters is 1. The van der Waals surface area contributed by atoms with Gasteiger partial charge in [0.2, 0.25) is 0 Å². The average Bonchev–Trinajstić information content (AvgIpc) is 3.10. The number of ether oxygens (including phenoxy) is 1. The third-order valence-corrected chi connectivity index (χ3v) is 7.24. The van der Waals surface area contributed by atoms with Crippen molar-refractivity contribution in [2.24, 2.45) is 7.05 Å². The largest absolute Gasteiger partial charge is 0.465 e. The summed E-state index contributed by atoms with van der Waals surface area (Å²) in [6.45, 7) is 1.86. The number of nitrogens with one attached hydrogen (secondary N) is 2. The van der Waals surface area contributed by atoms with E-state index < -0.39 is 0 Å². The molecule has 0 fully saturated rings. The number of aromatic nitrogens is 2. The lowest BCUT2D eigenvalue weighted by Gasteiger charge is -2.10. The molecule has 0 radical (unpaired) electrons. The molecule has 168 valence electrons. The first kappa shape index (κ1) is 22.3. The minimum absolute atomic E-state index is 0.199. The SMILES string of the molecule is COC(=O)c1c(NC(=S)Nc2c(C)n(C)n(-c3ccccc3)c2=O)sc2c1CCCCC2. The van der Waals surface area contributed by atoms with Gasteiger partial charge >= 0.3 is 5.97 Å². The van der Waals surface area contributed by atoms with E-state index in [9.17, 15) is 9.59 Å². The molecule has 1 aliphatic carbocycles. The molecule has 0 saturated carbocycles. The number of carbonyl (C=O) groups excluding carboxylic acids is 1. The standard InChI is InChI=1S/C23H26N4O3S2/c1-14-19(21(28)27(26(14)2)15-10-6-4-7-11-15)24-23(31)25-20-18(22(29)30-3)16-12-8-5-9-13-17(16)32-20/h4,6-7,10-11H,5,8-9,12-13H2,1-3H3,(H2,24,25,31).